The lowest BCUT2D eigenvalue weighted by Gasteiger charge is -2.37. The molecule has 0 atom stereocenters. The second-order valence-electron chi connectivity index (χ2n) is 3.80. The second kappa shape index (κ2) is 5.86. The second-order valence-corrected chi connectivity index (χ2v) is 3.80. The summed E-state index contributed by atoms with van der Waals surface area (Å²) >= 11 is 0. The Morgan fingerprint density at radius 2 is 2.29 bits per heavy atom. The minimum Gasteiger partial charge on any atom is -0.338 e. The highest BCUT2D eigenvalue weighted by Crippen LogP contribution is 2.24. The Bertz CT molecular complexity index is 180. The van der Waals surface area contributed by atoms with Crippen LogP contribution in [0.1, 0.15) is 32.6 Å². The number of carbonyl (C=O) groups excluding carboxylic acids is 1. The quantitative estimate of drug-likeness (QED) is 0.691. The molecule has 3 N–H and O–H groups in total. The van der Waals surface area contributed by atoms with Crippen molar-refractivity contribution in [3.63, 3.8) is 0 Å². The molecule has 0 aromatic carbocycles. The van der Waals surface area contributed by atoms with Crippen LogP contribution in [0.3, 0.4) is 0 Å². The molecule has 0 heterocycles. The van der Waals surface area contributed by atoms with Crippen LogP contribution >= 0.6 is 0 Å². The zero-order valence-corrected chi connectivity index (χ0v) is 8.96. The molecule has 82 valence electrons. The van der Waals surface area contributed by atoms with Gasteiger partial charge in [-0.2, -0.15) is 0 Å². The van der Waals surface area contributed by atoms with E-state index in [4.69, 9.17) is 5.73 Å². The van der Waals surface area contributed by atoms with Gasteiger partial charge in [-0.15, -0.1) is 0 Å². The maximum Gasteiger partial charge on any atom is 0.317 e. The molecule has 0 aromatic rings. The van der Waals surface area contributed by atoms with Crippen molar-refractivity contribution >= 4 is 6.03 Å². The lowest BCUT2D eigenvalue weighted by atomic mass is 9.91. The molecule has 4 nitrogen and oxygen atoms in total. The molecule has 2 amide bonds. The molecule has 0 radical (unpaired) electrons. The lowest BCUT2D eigenvalue weighted by molar-refractivity contribution is 0.140. The van der Waals surface area contributed by atoms with Gasteiger partial charge in [0, 0.05) is 25.7 Å². The number of rotatable bonds is 5. The number of carbonyl (C=O) groups is 1. The zero-order valence-electron chi connectivity index (χ0n) is 8.96. The Morgan fingerprint density at radius 3 is 2.71 bits per heavy atom. The average molecular weight is 199 g/mol. The van der Waals surface area contributed by atoms with Crippen molar-refractivity contribution in [1.29, 1.82) is 0 Å². The van der Waals surface area contributed by atoms with Gasteiger partial charge in [0.2, 0.25) is 0 Å². The highest BCUT2D eigenvalue weighted by molar-refractivity contribution is 5.74. The molecular formula is C10H21N3O. The SMILES string of the molecule is CCCNC(=O)N(CCN)C1CCC1. The minimum absolute atomic E-state index is 0.0574. The number of urea groups is 1. The number of amides is 2. The molecule has 1 rings (SSSR count). The summed E-state index contributed by atoms with van der Waals surface area (Å²) < 4.78 is 0. The van der Waals surface area contributed by atoms with Crippen LogP contribution in [-0.4, -0.2) is 36.6 Å². The molecule has 1 fully saturated rings. The summed E-state index contributed by atoms with van der Waals surface area (Å²) in [7, 11) is 0. The van der Waals surface area contributed by atoms with Crippen molar-refractivity contribution in [2.45, 2.75) is 38.6 Å². The lowest BCUT2D eigenvalue weighted by Crippen LogP contribution is -2.50. The Hall–Kier alpha value is -0.770. The Balaban J connectivity index is 2.35. The third-order valence-electron chi connectivity index (χ3n) is 2.67. The number of nitrogens with one attached hydrogen (secondary N) is 1. The summed E-state index contributed by atoms with van der Waals surface area (Å²) in [5.41, 5.74) is 5.49. The third kappa shape index (κ3) is 2.87. The molecule has 4 heteroatoms. The van der Waals surface area contributed by atoms with Crippen LogP contribution in [0.5, 0.6) is 0 Å². The van der Waals surface area contributed by atoms with Gasteiger partial charge in [0.05, 0.1) is 0 Å². The summed E-state index contributed by atoms with van der Waals surface area (Å²) in [6.45, 7) is 4.04. The van der Waals surface area contributed by atoms with E-state index in [1.54, 1.807) is 0 Å². The van der Waals surface area contributed by atoms with E-state index in [2.05, 4.69) is 12.2 Å². The van der Waals surface area contributed by atoms with Crippen molar-refractivity contribution in [3.8, 4) is 0 Å². The third-order valence-corrected chi connectivity index (χ3v) is 2.67. The molecular weight excluding hydrogens is 178 g/mol. The number of hydrogen-bond donors (Lipinski definition) is 2. The zero-order chi connectivity index (χ0) is 10.4. The minimum atomic E-state index is 0.0574. The molecule has 0 unspecified atom stereocenters. The van der Waals surface area contributed by atoms with Gasteiger partial charge in [0.25, 0.3) is 0 Å². The normalized spacial score (nSPS) is 16.1. The molecule has 0 spiro atoms. The first kappa shape index (κ1) is 11.3. The van der Waals surface area contributed by atoms with Gasteiger partial charge < -0.3 is 16.0 Å². The molecule has 0 bridgehead atoms. The Morgan fingerprint density at radius 1 is 1.57 bits per heavy atom. The van der Waals surface area contributed by atoms with Crippen molar-refractivity contribution in [1.82, 2.24) is 10.2 Å². The standard InChI is InChI=1S/C10H21N3O/c1-2-7-12-10(14)13(8-6-11)9-4-3-5-9/h9H,2-8,11H2,1H3,(H,12,14). The van der Waals surface area contributed by atoms with Crippen LogP contribution in [0, 0.1) is 0 Å². The Kier molecular flexibility index (Phi) is 4.73. The summed E-state index contributed by atoms with van der Waals surface area (Å²) in [6.07, 6.45) is 4.50. The van der Waals surface area contributed by atoms with Crippen molar-refractivity contribution in [2.75, 3.05) is 19.6 Å². The molecule has 1 aliphatic rings. The van der Waals surface area contributed by atoms with Gasteiger partial charge in [-0.1, -0.05) is 6.92 Å². The fourth-order valence-electron chi connectivity index (χ4n) is 1.62. The summed E-state index contributed by atoms with van der Waals surface area (Å²) in [6, 6.07) is 0.498. The van der Waals surface area contributed by atoms with Gasteiger partial charge >= 0.3 is 6.03 Å². The van der Waals surface area contributed by atoms with Crippen molar-refractivity contribution in [2.24, 2.45) is 5.73 Å². The predicted octanol–water partition coefficient (Wildman–Crippen LogP) is 0.919. The van der Waals surface area contributed by atoms with Gasteiger partial charge in [0.15, 0.2) is 0 Å². The van der Waals surface area contributed by atoms with E-state index in [0.717, 1.165) is 25.8 Å². The van der Waals surface area contributed by atoms with Gasteiger partial charge in [0.1, 0.15) is 0 Å². The smallest absolute Gasteiger partial charge is 0.317 e. The van der Waals surface area contributed by atoms with Crippen molar-refractivity contribution < 1.29 is 4.79 Å². The van der Waals surface area contributed by atoms with E-state index >= 15 is 0 Å². The van der Waals surface area contributed by atoms with E-state index in [1.165, 1.54) is 6.42 Å². The monoisotopic (exact) mass is 199 g/mol. The van der Waals surface area contributed by atoms with Crippen LogP contribution in [0.25, 0.3) is 0 Å². The van der Waals surface area contributed by atoms with E-state index in [9.17, 15) is 4.79 Å². The number of nitrogens with zero attached hydrogens (tertiary/aromatic N) is 1. The van der Waals surface area contributed by atoms with Gasteiger partial charge in [-0.3, -0.25) is 0 Å². The molecule has 1 aliphatic carbocycles. The molecule has 1 saturated carbocycles. The summed E-state index contributed by atoms with van der Waals surface area (Å²) in [4.78, 5) is 13.6. The number of nitrogens with two attached hydrogens (primary N) is 1. The predicted molar refractivity (Wildman–Crippen MR) is 57.1 cm³/mol. The first-order chi connectivity index (χ1) is 6.79. The first-order valence-electron chi connectivity index (χ1n) is 5.54. The molecule has 0 saturated heterocycles. The van der Waals surface area contributed by atoms with E-state index in [-0.39, 0.29) is 6.03 Å². The number of hydrogen-bond acceptors (Lipinski definition) is 2. The van der Waals surface area contributed by atoms with E-state index in [1.807, 2.05) is 4.90 Å². The fourth-order valence-corrected chi connectivity index (χ4v) is 1.62. The fraction of sp³-hybridized carbons (Fsp3) is 0.900. The van der Waals surface area contributed by atoms with Gasteiger partial charge in [-0.25, -0.2) is 4.79 Å². The van der Waals surface area contributed by atoms with Crippen LogP contribution in [-0.2, 0) is 0 Å². The highest BCUT2D eigenvalue weighted by atomic mass is 16.2. The van der Waals surface area contributed by atoms with E-state index < -0.39 is 0 Å². The largest absolute Gasteiger partial charge is 0.338 e. The van der Waals surface area contributed by atoms with E-state index in [0.29, 0.717) is 19.1 Å². The van der Waals surface area contributed by atoms with Crippen LogP contribution in [0.15, 0.2) is 0 Å². The molecule has 0 aromatic heterocycles. The maximum atomic E-state index is 11.7. The van der Waals surface area contributed by atoms with Gasteiger partial charge in [-0.05, 0) is 25.7 Å². The summed E-state index contributed by atoms with van der Waals surface area (Å²) in [5, 5.41) is 2.90. The van der Waals surface area contributed by atoms with Crippen LogP contribution < -0.4 is 11.1 Å². The highest BCUT2D eigenvalue weighted by Gasteiger charge is 2.27. The maximum absolute atomic E-state index is 11.7. The van der Waals surface area contributed by atoms with Crippen LogP contribution in [0.4, 0.5) is 4.79 Å². The molecule has 14 heavy (non-hydrogen) atoms. The Labute approximate surface area is 85.8 Å². The first-order valence-corrected chi connectivity index (χ1v) is 5.54. The molecule has 0 aliphatic heterocycles. The topological polar surface area (TPSA) is 58.4 Å². The van der Waals surface area contributed by atoms with Crippen molar-refractivity contribution in [3.05, 3.63) is 0 Å². The average Bonchev–Trinajstić information content (AvgIpc) is 2.10. The van der Waals surface area contributed by atoms with Crippen LogP contribution in [0.2, 0.25) is 0 Å². The summed E-state index contributed by atoms with van der Waals surface area (Å²) in [5.74, 6) is 0.